The number of aromatic nitrogens is 1. The number of carbonyl (C=O) groups is 1. The van der Waals surface area contributed by atoms with E-state index in [1.165, 1.54) is 11.1 Å². The van der Waals surface area contributed by atoms with E-state index in [1.54, 1.807) is 19.1 Å². The molecule has 5 nitrogen and oxygen atoms in total. The van der Waals surface area contributed by atoms with Crippen LogP contribution in [-0.4, -0.2) is 28.4 Å². The minimum absolute atomic E-state index is 0.177. The van der Waals surface area contributed by atoms with Crippen LogP contribution in [-0.2, 0) is 0 Å². The van der Waals surface area contributed by atoms with Gasteiger partial charge in [-0.25, -0.2) is 14.7 Å². The summed E-state index contributed by atoms with van der Waals surface area (Å²) in [6, 6.07) is 2.84. The number of β-amino-alcohol motifs (C(OH)–C–C–N with tert-alkyl or cyclic N) is 1. The van der Waals surface area contributed by atoms with Crippen LogP contribution in [0.3, 0.4) is 0 Å². The van der Waals surface area contributed by atoms with E-state index in [1.807, 2.05) is 0 Å². The van der Waals surface area contributed by atoms with Crippen LogP contribution in [0.5, 0.6) is 0 Å². The van der Waals surface area contributed by atoms with Crippen molar-refractivity contribution in [2.24, 2.45) is 0 Å². The second-order valence-corrected chi connectivity index (χ2v) is 3.98. The summed E-state index contributed by atoms with van der Waals surface area (Å²) >= 11 is 5.68. The largest absolute Gasteiger partial charge is 0.369 e. The van der Waals surface area contributed by atoms with Gasteiger partial charge in [0.05, 0.1) is 11.6 Å². The van der Waals surface area contributed by atoms with Crippen LogP contribution in [0.4, 0.5) is 10.6 Å². The summed E-state index contributed by atoms with van der Waals surface area (Å²) in [5.41, 5.74) is -1.25. The first kappa shape index (κ1) is 10.2. The Hall–Kier alpha value is -1.33. The van der Waals surface area contributed by atoms with Crippen LogP contribution < -0.4 is 10.2 Å². The number of hydrogen-bond acceptors (Lipinski definition) is 3. The Morgan fingerprint density at radius 2 is 2.40 bits per heavy atom. The molecule has 1 aromatic heterocycles. The molecular formula is C9H10ClN3O2. The average molecular weight is 228 g/mol. The predicted octanol–water partition coefficient (Wildman–Crippen LogP) is 0.973. The fourth-order valence-corrected chi connectivity index (χ4v) is 1.58. The minimum atomic E-state index is -1.25. The third-order valence-electron chi connectivity index (χ3n) is 2.20. The van der Waals surface area contributed by atoms with Crippen LogP contribution in [0.15, 0.2) is 18.3 Å². The fourth-order valence-electron chi connectivity index (χ4n) is 1.47. The molecule has 1 aliphatic heterocycles. The minimum Gasteiger partial charge on any atom is -0.369 e. The molecule has 1 unspecified atom stereocenters. The number of anilines is 1. The molecule has 1 saturated heterocycles. The maximum atomic E-state index is 11.5. The molecule has 2 amide bonds. The maximum Gasteiger partial charge on any atom is 0.325 e. The Balaban J connectivity index is 2.37. The van der Waals surface area contributed by atoms with Gasteiger partial charge in [-0.15, -0.1) is 0 Å². The summed E-state index contributed by atoms with van der Waals surface area (Å²) in [6.45, 7) is 1.72. The first-order valence-corrected chi connectivity index (χ1v) is 4.80. The highest BCUT2D eigenvalue weighted by Gasteiger charge is 2.41. The van der Waals surface area contributed by atoms with Crippen molar-refractivity contribution in [3.05, 3.63) is 23.4 Å². The topological polar surface area (TPSA) is 65.5 Å². The lowest BCUT2D eigenvalue weighted by Gasteiger charge is -2.26. The molecule has 0 aliphatic carbocycles. The molecule has 0 bridgehead atoms. The molecule has 1 atom stereocenters. The quantitative estimate of drug-likeness (QED) is 0.752. The van der Waals surface area contributed by atoms with Gasteiger partial charge in [0.1, 0.15) is 5.82 Å². The Kier molecular flexibility index (Phi) is 2.28. The first-order chi connectivity index (χ1) is 7.00. The predicted molar refractivity (Wildman–Crippen MR) is 55.7 cm³/mol. The third-order valence-corrected chi connectivity index (χ3v) is 2.42. The van der Waals surface area contributed by atoms with Gasteiger partial charge in [-0.2, -0.15) is 0 Å². The molecule has 0 saturated carbocycles. The molecule has 80 valence electrons. The van der Waals surface area contributed by atoms with E-state index in [-0.39, 0.29) is 12.6 Å². The van der Waals surface area contributed by atoms with Gasteiger partial charge >= 0.3 is 6.03 Å². The Morgan fingerprint density at radius 1 is 1.67 bits per heavy atom. The van der Waals surface area contributed by atoms with Crippen molar-refractivity contribution in [2.45, 2.75) is 12.6 Å². The van der Waals surface area contributed by atoms with Gasteiger partial charge < -0.3 is 10.4 Å². The van der Waals surface area contributed by atoms with Crippen molar-refractivity contribution in [3.8, 4) is 0 Å². The van der Waals surface area contributed by atoms with E-state index in [9.17, 15) is 9.90 Å². The smallest absolute Gasteiger partial charge is 0.325 e. The molecule has 0 spiro atoms. The lowest BCUT2D eigenvalue weighted by Crippen LogP contribution is -2.45. The summed E-state index contributed by atoms with van der Waals surface area (Å²) in [5.74, 6) is 0.374. The van der Waals surface area contributed by atoms with Gasteiger partial charge in [0.15, 0.2) is 5.72 Å². The highest BCUT2D eigenvalue weighted by molar-refractivity contribution is 6.30. The average Bonchev–Trinajstić information content (AvgIpc) is 2.43. The zero-order valence-corrected chi connectivity index (χ0v) is 8.82. The van der Waals surface area contributed by atoms with Gasteiger partial charge in [-0.3, -0.25) is 0 Å². The number of carbonyl (C=O) groups excluding carboxylic acids is 1. The molecular weight excluding hydrogens is 218 g/mol. The summed E-state index contributed by atoms with van der Waals surface area (Å²) in [4.78, 5) is 16.6. The summed E-state index contributed by atoms with van der Waals surface area (Å²) in [7, 11) is 0. The van der Waals surface area contributed by atoms with Crippen molar-refractivity contribution >= 4 is 23.4 Å². The van der Waals surface area contributed by atoms with Gasteiger partial charge in [0, 0.05) is 6.20 Å². The standard InChI is InChI=1S/C9H10ClN3O2/c1-9(15)5-12-8(14)13(9)7-3-2-6(10)4-11-7/h2-4,15H,5H2,1H3,(H,12,14). The second-order valence-electron chi connectivity index (χ2n) is 3.55. The highest BCUT2D eigenvalue weighted by Crippen LogP contribution is 2.24. The number of nitrogens with zero attached hydrogens (tertiary/aromatic N) is 2. The van der Waals surface area contributed by atoms with Crippen molar-refractivity contribution in [3.63, 3.8) is 0 Å². The molecule has 6 heteroatoms. The van der Waals surface area contributed by atoms with Crippen LogP contribution in [0.2, 0.25) is 5.02 Å². The molecule has 1 fully saturated rings. The van der Waals surface area contributed by atoms with Crippen molar-refractivity contribution in [1.29, 1.82) is 0 Å². The lowest BCUT2D eigenvalue weighted by molar-refractivity contribution is 0.0853. The number of amides is 2. The van der Waals surface area contributed by atoms with Gasteiger partial charge in [-0.1, -0.05) is 11.6 Å². The van der Waals surface area contributed by atoms with Crippen molar-refractivity contribution < 1.29 is 9.90 Å². The van der Waals surface area contributed by atoms with E-state index in [0.29, 0.717) is 10.8 Å². The SMILES string of the molecule is CC1(O)CNC(=O)N1c1ccc(Cl)cn1. The number of halogens is 1. The Morgan fingerprint density at radius 3 is 2.87 bits per heavy atom. The van der Waals surface area contributed by atoms with E-state index in [0.717, 1.165) is 0 Å². The number of nitrogens with one attached hydrogen (secondary N) is 1. The summed E-state index contributed by atoms with van der Waals surface area (Å²) in [6.07, 6.45) is 1.43. The van der Waals surface area contributed by atoms with Gasteiger partial charge in [0.2, 0.25) is 0 Å². The van der Waals surface area contributed by atoms with Gasteiger partial charge in [0.25, 0.3) is 0 Å². The Bertz CT molecular complexity index is 391. The number of hydrogen-bond donors (Lipinski definition) is 2. The molecule has 2 rings (SSSR count). The lowest BCUT2D eigenvalue weighted by atomic mass is 10.2. The zero-order valence-electron chi connectivity index (χ0n) is 8.07. The van der Waals surface area contributed by atoms with Crippen LogP contribution in [0.1, 0.15) is 6.92 Å². The van der Waals surface area contributed by atoms with Gasteiger partial charge in [-0.05, 0) is 19.1 Å². The van der Waals surface area contributed by atoms with E-state index >= 15 is 0 Å². The molecule has 1 aliphatic rings. The molecule has 1 aromatic rings. The fraction of sp³-hybridized carbons (Fsp3) is 0.333. The van der Waals surface area contributed by atoms with Crippen molar-refractivity contribution in [1.82, 2.24) is 10.3 Å². The first-order valence-electron chi connectivity index (χ1n) is 4.43. The second kappa shape index (κ2) is 3.36. The summed E-state index contributed by atoms with van der Waals surface area (Å²) < 4.78 is 0. The molecule has 0 radical (unpaired) electrons. The molecule has 2 heterocycles. The number of pyridine rings is 1. The van der Waals surface area contributed by atoms with E-state index in [2.05, 4.69) is 10.3 Å². The van der Waals surface area contributed by atoms with Crippen LogP contribution in [0.25, 0.3) is 0 Å². The van der Waals surface area contributed by atoms with Crippen LogP contribution >= 0.6 is 11.6 Å². The summed E-state index contributed by atoms with van der Waals surface area (Å²) in [5, 5.41) is 12.9. The monoisotopic (exact) mass is 227 g/mol. The molecule has 15 heavy (non-hydrogen) atoms. The number of urea groups is 1. The van der Waals surface area contributed by atoms with E-state index in [4.69, 9.17) is 11.6 Å². The van der Waals surface area contributed by atoms with Crippen LogP contribution in [0, 0.1) is 0 Å². The third kappa shape index (κ3) is 1.75. The van der Waals surface area contributed by atoms with Crippen molar-refractivity contribution in [2.75, 3.05) is 11.4 Å². The Labute approximate surface area is 91.7 Å². The number of rotatable bonds is 1. The highest BCUT2D eigenvalue weighted by atomic mass is 35.5. The van der Waals surface area contributed by atoms with E-state index < -0.39 is 5.72 Å². The molecule has 2 N–H and O–H groups in total. The molecule has 0 aromatic carbocycles. The normalized spacial score (nSPS) is 25.5. The number of aliphatic hydroxyl groups is 1. The maximum absolute atomic E-state index is 11.5. The zero-order chi connectivity index (χ0) is 11.1.